The molecular formula is C36H40F7N3O5S. The molecule has 284 valence electrons. The lowest BCUT2D eigenvalue weighted by Gasteiger charge is -2.45. The van der Waals surface area contributed by atoms with Crippen molar-refractivity contribution in [2.75, 3.05) is 20.2 Å². The van der Waals surface area contributed by atoms with E-state index in [1.54, 1.807) is 11.0 Å². The first-order valence-electron chi connectivity index (χ1n) is 16.9. The van der Waals surface area contributed by atoms with Gasteiger partial charge in [0.15, 0.2) is 0 Å². The van der Waals surface area contributed by atoms with Gasteiger partial charge in [-0.3, -0.25) is 19.4 Å². The molecule has 0 saturated carbocycles. The summed E-state index contributed by atoms with van der Waals surface area (Å²) < 4.78 is 95.4. The van der Waals surface area contributed by atoms with Crippen LogP contribution in [0.3, 0.4) is 0 Å². The van der Waals surface area contributed by atoms with Crippen LogP contribution in [0.15, 0.2) is 48.0 Å². The molecule has 4 heterocycles. The fourth-order valence-corrected chi connectivity index (χ4v) is 7.57. The number of halogens is 7. The number of pyridine rings is 1. The molecule has 1 saturated heterocycles. The van der Waals surface area contributed by atoms with Crippen LogP contribution in [0, 0.1) is 11.7 Å². The van der Waals surface area contributed by atoms with Crippen molar-refractivity contribution >= 4 is 29.1 Å². The molecule has 3 atom stereocenters. The third kappa shape index (κ3) is 10.0. The molecule has 2 aliphatic heterocycles. The van der Waals surface area contributed by atoms with Crippen LogP contribution < -0.4 is 4.74 Å². The van der Waals surface area contributed by atoms with E-state index in [9.17, 15) is 45.1 Å². The highest BCUT2D eigenvalue weighted by Gasteiger charge is 2.44. The number of benzene rings is 1. The Balaban J connectivity index is 0.000000470. The number of carbonyl (C=O) groups excluding carboxylic acids is 2. The summed E-state index contributed by atoms with van der Waals surface area (Å²) in [4.78, 5) is 45.1. The molecular weight excluding hydrogens is 719 g/mol. The second-order valence-electron chi connectivity index (χ2n) is 12.6. The summed E-state index contributed by atoms with van der Waals surface area (Å²) in [5.74, 6) is -2.66. The number of alkyl halides is 6. The highest BCUT2D eigenvalue weighted by molar-refractivity contribution is 7.10. The second-order valence-corrected chi connectivity index (χ2v) is 13.5. The van der Waals surface area contributed by atoms with E-state index in [1.807, 2.05) is 6.92 Å². The molecule has 2 aliphatic rings. The zero-order valence-electron chi connectivity index (χ0n) is 28.6. The molecule has 0 aliphatic carbocycles. The zero-order chi connectivity index (χ0) is 38.2. The van der Waals surface area contributed by atoms with Crippen LogP contribution >= 0.6 is 11.3 Å². The zero-order valence-corrected chi connectivity index (χ0v) is 29.4. The average molecular weight is 760 g/mol. The number of carboxylic acid groups (broad SMARTS) is 1. The number of unbranched alkanes of at least 4 members (excludes halogenated alkanes) is 1. The number of aliphatic carboxylic acids is 1. The number of thiophene rings is 1. The Morgan fingerprint density at radius 1 is 1.00 bits per heavy atom. The van der Waals surface area contributed by atoms with Crippen molar-refractivity contribution in [2.45, 2.75) is 89.1 Å². The van der Waals surface area contributed by atoms with Crippen LogP contribution in [0.1, 0.15) is 96.4 Å². The third-order valence-corrected chi connectivity index (χ3v) is 10.2. The lowest BCUT2D eigenvalue weighted by Crippen LogP contribution is -2.55. The van der Waals surface area contributed by atoms with Gasteiger partial charge in [-0.1, -0.05) is 25.8 Å². The first-order chi connectivity index (χ1) is 24.6. The number of hydrogen-bond acceptors (Lipinski definition) is 6. The van der Waals surface area contributed by atoms with E-state index in [0.717, 1.165) is 35.5 Å². The molecule has 1 fully saturated rings. The average Bonchev–Trinajstić information content (AvgIpc) is 3.60. The quantitative estimate of drug-likeness (QED) is 0.164. The highest BCUT2D eigenvalue weighted by atomic mass is 32.1. The van der Waals surface area contributed by atoms with Gasteiger partial charge in [0, 0.05) is 43.2 Å². The van der Waals surface area contributed by atoms with E-state index in [4.69, 9.17) is 5.11 Å². The van der Waals surface area contributed by atoms with E-state index in [1.165, 1.54) is 29.5 Å². The number of ether oxygens (including phenoxy) is 1. The Bertz CT molecular complexity index is 1700. The number of fused-ring (bicyclic) bond motifs is 1. The largest absolute Gasteiger partial charge is 0.496 e. The van der Waals surface area contributed by atoms with Gasteiger partial charge in [-0.2, -0.15) is 26.3 Å². The molecule has 3 aromatic rings. The smallest absolute Gasteiger partial charge is 0.425 e. The molecule has 52 heavy (non-hydrogen) atoms. The molecule has 2 amide bonds. The van der Waals surface area contributed by atoms with E-state index >= 15 is 0 Å². The van der Waals surface area contributed by atoms with Crippen molar-refractivity contribution in [2.24, 2.45) is 5.92 Å². The lowest BCUT2D eigenvalue weighted by atomic mass is 9.82. The van der Waals surface area contributed by atoms with Crippen LogP contribution in [0.25, 0.3) is 0 Å². The van der Waals surface area contributed by atoms with Gasteiger partial charge < -0.3 is 19.6 Å². The Labute approximate surface area is 300 Å². The Kier molecular flexibility index (Phi) is 13.7. The van der Waals surface area contributed by atoms with Crippen molar-refractivity contribution in [1.82, 2.24) is 14.8 Å². The number of hydrogen-bond donors (Lipinski definition) is 1. The summed E-state index contributed by atoms with van der Waals surface area (Å²) in [5.41, 5.74) is -0.146. The summed E-state index contributed by atoms with van der Waals surface area (Å²) in [5, 5.41) is 10.4. The van der Waals surface area contributed by atoms with Crippen molar-refractivity contribution in [3.63, 3.8) is 0 Å². The lowest BCUT2D eigenvalue weighted by molar-refractivity contribution is -0.143. The topological polar surface area (TPSA) is 100 Å². The van der Waals surface area contributed by atoms with Gasteiger partial charge in [-0.25, -0.2) is 4.39 Å². The summed E-state index contributed by atoms with van der Waals surface area (Å²) in [6, 6.07) is 6.46. The monoisotopic (exact) mass is 759 g/mol. The Morgan fingerprint density at radius 3 is 2.37 bits per heavy atom. The minimum atomic E-state index is -4.75. The number of likely N-dealkylation sites (tertiary alicyclic amines) is 1. The van der Waals surface area contributed by atoms with Crippen molar-refractivity contribution in [3.05, 3.63) is 81.1 Å². The maximum absolute atomic E-state index is 14.2. The van der Waals surface area contributed by atoms with E-state index in [0.29, 0.717) is 69.2 Å². The first kappa shape index (κ1) is 40.6. The van der Waals surface area contributed by atoms with Crippen molar-refractivity contribution in [1.29, 1.82) is 0 Å². The molecule has 0 spiro atoms. The maximum Gasteiger partial charge on any atom is 0.425 e. The maximum atomic E-state index is 14.2. The van der Waals surface area contributed by atoms with Crippen LogP contribution in [0.2, 0.25) is 0 Å². The van der Waals surface area contributed by atoms with E-state index in [2.05, 4.69) is 9.72 Å². The second kappa shape index (κ2) is 17.5. The molecule has 16 heteroatoms. The van der Waals surface area contributed by atoms with Gasteiger partial charge in [-0.05, 0) is 73.9 Å². The van der Waals surface area contributed by atoms with Crippen molar-refractivity contribution in [3.8, 4) is 5.75 Å². The number of carbonyl (C=O) groups is 3. The summed E-state index contributed by atoms with van der Waals surface area (Å²) in [6.45, 7) is 2.46. The summed E-state index contributed by atoms with van der Waals surface area (Å²) >= 11 is 0.631. The molecule has 0 bridgehead atoms. The number of aromatic nitrogens is 1. The van der Waals surface area contributed by atoms with Crippen LogP contribution in [0.5, 0.6) is 5.75 Å². The van der Waals surface area contributed by atoms with Gasteiger partial charge in [0.1, 0.15) is 22.1 Å². The fourth-order valence-electron chi connectivity index (χ4n) is 6.85. The summed E-state index contributed by atoms with van der Waals surface area (Å²) in [7, 11) is 1.34. The van der Waals surface area contributed by atoms with Gasteiger partial charge in [0.2, 0.25) is 5.91 Å². The Hall–Kier alpha value is -4.21. The molecule has 1 unspecified atom stereocenters. The van der Waals surface area contributed by atoms with Gasteiger partial charge in [0.25, 0.3) is 5.91 Å². The van der Waals surface area contributed by atoms with Gasteiger partial charge in [0.05, 0.1) is 24.6 Å². The van der Waals surface area contributed by atoms with Gasteiger partial charge >= 0.3 is 18.3 Å². The number of methoxy groups -OCH3 is 1. The first-order valence-corrected chi connectivity index (χ1v) is 17.8. The molecule has 5 rings (SSSR count). The molecule has 1 aromatic carbocycles. The van der Waals surface area contributed by atoms with E-state index in [-0.39, 0.29) is 36.5 Å². The Morgan fingerprint density at radius 2 is 1.75 bits per heavy atom. The highest BCUT2D eigenvalue weighted by Crippen LogP contribution is 2.40. The third-order valence-electron chi connectivity index (χ3n) is 9.21. The standard InChI is InChI=1S/C30H35F4N3O4.C6H5F3OS/c1-2-7-24-22(8-6-16-36(24)29(41)27-23(30(32,33)34)9-5-15-35-27)28(40)37-17-14-19-18-20(31)12-13-21(19)25(37)10-3-4-11-26(38)39;1-10-4-2-5(11-3-4)6(7,8)9/h5,9,12-13,15,18,22,24-25H,2-4,6-8,10-11,14,16-17H2,1H3,(H,38,39);2-3H,1H3/t22-,24-,25?;/m1./s1. The van der Waals surface area contributed by atoms with E-state index < -0.39 is 52.3 Å². The summed E-state index contributed by atoms with van der Waals surface area (Å²) in [6.07, 6.45) is -3.92. The minimum absolute atomic E-state index is 0.00263. The predicted octanol–water partition coefficient (Wildman–Crippen LogP) is 8.81. The normalized spacial score (nSPS) is 19.0. The molecule has 2 aromatic heterocycles. The molecule has 0 radical (unpaired) electrons. The van der Waals surface area contributed by atoms with Crippen molar-refractivity contribution < 1.29 is 55.0 Å². The van der Waals surface area contributed by atoms with Gasteiger partial charge in [-0.15, -0.1) is 11.3 Å². The SMILES string of the molecule is CCC[C@@H]1[C@H](C(=O)N2CCc3cc(F)ccc3C2CCCCC(=O)O)CCCN1C(=O)c1ncccc1C(F)(F)F.COc1csc(C(F)(F)F)c1. The van der Waals surface area contributed by atoms with Crippen LogP contribution in [-0.4, -0.2) is 63.9 Å². The number of amides is 2. The van der Waals surface area contributed by atoms with Crippen LogP contribution in [0.4, 0.5) is 30.7 Å². The fraction of sp³-hybridized carbons (Fsp3) is 0.500. The van der Waals surface area contributed by atoms with Crippen LogP contribution in [-0.2, 0) is 28.4 Å². The molecule has 1 N–H and O–H groups in total. The predicted molar refractivity (Wildman–Crippen MR) is 178 cm³/mol. The number of carboxylic acids is 1. The number of piperidine rings is 1. The minimum Gasteiger partial charge on any atom is -0.496 e. The number of rotatable bonds is 10. The number of nitrogens with zero attached hydrogens (tertiary/aromatic N) is 3. The molecule has 8 nitrogen and oxygen atoms in total.